The molecule has 0 aliphatic rings. The van der Waals surface area contributed by atoms with E-state index in [1.165, 1.54) is 60.4 Å². The molecule has 3 nitrogen and oxygen atoms in total. The topological polar surface area (TPSA) is 21.3 Å². The van der Waals surface area contributed by atoms with Crippen LogP contribution in [0.4, 0.5) is 17.1 Å². The van der Waals surface area contributed by atoms with Crippen molar-refractivity contribution in [2.75, 3.05) is 4.90 Å². The molecular formula is C64H42N2O. The molecule has 0 bridgehead atoms. The first-order valence-electron chi connectivity index (χ1n) is 22.9. The second kappa shape index (κ2) is 16.0. The molecule has 3 heteroatoms. The highest BCUT2D eigenvalue weighted by molar-refractivity contribution is 6.09. The minimum absolute atomic E-state index is 0.902. The quantitative estimate of drug-likeness (QED) is 0.152. The van der Waals surface area contributed by atoms with Gasteiger partial charge in [0.05, 0.1) is 11.0 Å². The minimum Gasteiger partial charge on any atom is -0.456 e. The number of para-hydroxylation sites is 3. The van der Waals surface area contributed by atoms with E-state index < -0.39 is 0 Å². The first-order valence-corrected chi connectivity index (χ1v) is 22.9. The Morgan fingerprint density at radius 1 is 0.284 bits per heavy atom. The molecule has 13 aromatic rings. The number of fused-ring (bicyclic) bond motifs is 7. The zero-order chi connectivity index (χ0) is 44.3. The minimum atomic E-state index is 0.902. The second-order valence-corrected chi connectivity index (χ2v) is 17.3. The molecule has 0 aliphatic heterocycles. The van der Waals surface area contributed by atoms with Gasteiger partial charge >= 0.3 is 0 Å². The Balaban J connectivity index is 0.852. The van der Waals surface area contributed by atoms with E-state index in [9.17, 15) is 0 Å². The van der Waals surface area contributed by atoms with E-state index in [4.69, 9.17) is 4.42 Å². The summed E-state index contributed by atoms with van der Waals surface area (Å²) in [5.41, 5.74) is 18.0. The van der Waals surface area contributed by atoms with Crippen LogP contribution in [0.15, 0.2) is 259 Å². The Kier molecular flexibility index (Phi) is 9.17. The second-order valence-electron chi connectivity index (χ2n) is 17.3. The lowest BCUT2D eigenvalue weighted by Crippen LogP contribution is -2.09. The summed E-state index contributed by atoms with van der Waals surface area (Å²) in [7, 11) is 0. The van der Waals surface area contributed by atoms with E-state index in [-0.39, 0.29) is 0 Å². The predicted molar refractivity (Wildman–Crippen MR) is 282 cm³/mol. The van der Waals surface area contributed by atoms with Gasteiger partial charge in [0.1, 0.15) is 11.2 Å². The Hall–Kier alpha value is -8.92. The lowest BCUT2D eigenvalue weighted by atomic mass is 9.96. The number of hydrogen-bond acceptors (Lipinski definition) is 2. The molecule has 0 atom stereocenters. The van der Waals surface area contributed by atoms with Crippen LogP contribution >= 0.6 is 0 Å². The maximum atomic E-state index is 6.15. The van der Waals surface area contributed by atoms with Gasteiger partial charge in [-0.1, -0.05) is 176 Å². The molecule has 13 rings (SSSR count). The fourth-order valence-electron chi connectivity index (χ4n) is 10.1. The number of hydrogen-bond donors (Lipinski definition) is 0. The van der Waals surface area contributed by atoms with Crippen molar-refractivity contribution in [3.8, 4) is 50.2 Å². The number of nitrogens with zero attached hydrogens (tertiary/aromatic N) is 2. The molecule has 0 N–H and O–H groups in total. The number of anilines is 3. The fourth-order valence-corrected chi connectivity index (χ4v) is 10.1. The number of rotatable bonds is 8. The molecule has 0 saturated carbocycles. The maximum Gasteiger partial charge on any atom is 0.135 e. The van der Waals surface area contributed by atoms with Crippen LogP contribution in [-0.2, 0) is 0 Å². The van der Waals surface area contributed by atoms with E-state index in [1.807, 2.05) is 12.1 Å². The lowest BCUT2D eigenvalue weighted by molar-refractivity contribution is 0.669. The highest BCUT2D eigenvalue weighted by Crippen LogP contribution is 2.40. The van der Waals surface area contributed by atoms with E-state index in [1.54, 1.807) is 0 Å². The third-order valence-corrected chi connectivity index (χ3v) is 13.4. The smallest absolute Gasteiger partial charge is 0.135 e. The number of furan rings is 1. The molecule has 0 fully saturated rings. The molecule has 0 amide bonds. The largest absolute Gasteiger partial charge is 0.456 e. The third-order valence-electron chi connectivity index (χ3n) is 13.4. The van der Waals surface area contributed by atoms with Crippen molar-refractivity contribution in [3.05, 3.63) is 255 Å². The number of aromatic nitrogens is 1. The van der Waals surface area contributed by atoms with Gasteiger partial charge in [-0.15, -0.1) is 0 Å². The molecule has 2 aromatic heterocycles. The maximum absolute atomic E-state index is 6.15. The van der Waals surface area contributed by atoms with E-state index in [0.717, 1.165) is 61.4 Å². The summed E-state index contributed by atoms with van der Waals surface area (Å²) >= 11 is 0. The zero-order valence-electron chi connectivity index (χ0n) is 36.6. The van der Waals surface area contributed by atoms with Crippen LogP contribution in [0.2, 0.25) is 0 Å². The fraction of sp³-hybridized carbons (Fsp3) is 0. The monoisotopic (exact) mass is 854 g/mol. The standard InChI is InChI=1S/C64H42N2O/c1-2-15-55-47(11-1)12-10-19-56(55)48-25-23-43(24-26-48)44-27-34-51(35-28-44)65(53-38-31-46(32-39-53)50-33-40-64-60(42-50)59-18-5-8-22-63(59)67-64)52-36-29-45(30-37-52)49-13-9-14-54(41-49)66-61-20-6-3-16-57(61)58-17-4-7-21-62(58)66/h1-42H. The Morgan fingerprint density at radius 3 is 1.37 bits per heavy atom. The van der Waals surface area contributed by atoms with Gasteiger partial charge in [0.2, 0.25) is 0 Å². The summed E-state index contributed by atoms with van der Waals surface area (Å²) < 4.78 is 8.53. The SMILES string of the molecule is c1cc(-c2ccc(N(c3ccc(-c4ccc(-c5cccc6ccccc56)cc4)cc3)c3ccc(-c4ccc5oc6ccccc6c5c4)cc3)cc2)cc(-n2c3ccccc3c3ccccc32)c1. The molecule has 0 saturated heterocycles. The van der Waals surface area contributed by atoms with Crippen molar-refractivity contribution in [2.45, 2.75) is 0 Å². The van der Waals surface area contributed by atoms with Gasteiger partial charge < -0.3 is 13.9 Å². The molecule has 67 heavy (non-hydrogen) atoms. The van der Waals surface area contributed by atoms with Gasteiger partial charge in [0, 0.05) is 44.3 Å². The van der Waals surface area contributed by atoms with Gasteiger partial charge in [0.15, 0.2) is 0 Å². The predicted octanol–water partition coefficient (Wildman–Crippen LogP) is 18.0. The molecule has 0 radical (unpaired) electrons. The average molecular weight is 855 g/mol. The molecule has 0 unspecified atom stereocenters. The summed E-state index contributed by atoms with van der Waals surface area (Å²) in [6.07, 6.45) is 0. The Labute approximate surface area is 388 Å². The van der Waals surface area contributed by atoms with Gasteiger partial charge in [-0.05, 0) is 134 Å². The number of benzene rings is 11. The van der Waals surface area contributed by atoms with Crippen molar-refractivity contribution in [1.29, 1.82) is 0 Å². The van der Waals surface area contributed by atoms with Crippen molar-refractivity contribution >= 4 is 71.6 Å². The van der Waals surface area contributed by atoms with Crippen molar-refractivity contribution in [2.24, 2.45) is 0 Å². The van der Waals surface area contributed by atoms with Crippen molar-refractivity contribution in [3.63, 3.8) is 0 Å². The molecule has 2 heterocycles. The Bertz CT molecular complexity index is 3890. The van der Waals surface area contributed by atoms with E-state index in [2.05, 4.69) is 252 Å². The molecule has 0 aliphatic carbocycles. The summed E-state index contributed by atoms with van der Waals surface area (Å²) in [6.45, 7) is 0. The van der Waals surface area contributed by atoms with E-state index >= 15 is 0 Å². The van der Waals surface area contributed by atoms with Crippen LogP contribution in [0.5, 0.6) is 0 Å². The highest BCUT2D eigenvalue weighted by atomic mass is 16.3. The first-order chi connectivity index (χ1) is 33.2. The van der Waals surface area contributed by atoms with Crippen molar-refractivity contribution in [1.82, 2.24) is 4.57 Å². The summed E-state index contributed by atoms with van der Waals surface area (Å²) in [5, 5.41) is 7.30. The molecular weight excluding hydrogens is 813 g/mol. The summed E-state index contributed by atoms with van der Waals surface area (Å²) in [6, 6.07) is 91.9. The molecule has 11 aromatic carbocycles. The average Bonchev–Trinajstić information content (AvgIpc) is 3.95. The lowest BCUT2D eigenvalue weighted by Gasteiger charge is -2.26. The Morgan fingerprint density at radius 2 is 0.731 bits per heavy atom. The van der Waals surface area contributed by atoms with Crippen LogP contribution in [0.3, 0.4) is 0 Å². The van der Waals surface area contributed by atoms with Crippen LogP contribution in [0.25, 0.3) is 105 Å². The van der Waals surface area contributed by atoms with Crippen LogP contribution in [0.1, 0.15) is 0 Å². The van der Waals surface area contributed by atoms with Crippen LogP contribution in [0, 0.1) is 0 Å². The van der Waals surface area contributed by atoms with Gasteiger partial charge in [-0.2, -0.15) is 0 Å². The first kappa shape index (κ1) is 38.5. The van der Waals surface area contributed by atoms with Crippen LogP contribution in [-0.4, -0.2) is 4.57 Å². The zero-order valence-corrected chi connectivity index (χ0v) is 36.6. The van der Waals surface area contributed by atoms with Crippen LogP contribution < -0.4 is 4.90 Å². The van der Waals surface area contributed by atoms with Gasteiger partial charge in [-0.3, -0.25) is 0 Å². The highest BCUT2D eigenvalue weighted by Gasteiger charge is 2.17. The third kappa shape index (κ3) is 6.76. The molecule has 0 spiro atoms. The molecule has 314 valence electrons. The summed E-state index contributed by atoms with van der Waals surface area (Å²) in [5.74, 6) is 0. The van der Waals surface area contributed by atoms with Gasteiger partial charge in [-0.25, -0.2) is 0 Å². The normalized spacial score (nSPS) is 11.6. The van der Waals surface area contributed by atoms with Gasteiger partial charge in [0.25, 0.3) is 0 Å². The van der Waals surface area contributed by atoms with E-state index in [0.29, 0.717) is 0 Å². The van der Waals surface area contributed by atoms with Crippen molar-refractivity contribution < 1.29 is 4.42 Å². The summed E-state index contributed by atoms with van der Waals surface area (Å²) in [4.78, 5) is 2.35.